The van der Waals surface area contributed by atoms with E-state index in [1.807, 2.05) is 25.1 Å². The lowest BCUT2D eigenvalue weighted by molar-refractivity contribution is 0.0956. The van der Waals surface area contributed by atoms with Crippen molar-refractivity contribution < 1.29 is 14.3 Å². The Morgan fingerprint density at radius 1 is 1.14 bits per heavy atom. The van der Waals surface area contributed by atoms with Gasteiger partial charge in [0, 0.05) is 49.2 Å². The van der Waals surface area contributed by atoms with Crippen LogP contribution in [0.2, 0.25) is 0 Å². The minimum atomic E-state index is -0.240. The summed E-state index contributed by atoms with van der Waals surface area (Å²) in [4.78, 5) is 26.3. The molecule has 154 valence electrons. The predicted molar refractivity (Wildman–Crippen MR) is 115 cm³/mol. The van der Waals surface area contributed by atoms with Crippen molar-refractivity contribution in [3.63, 3.8) is 0 Å². The van der Waals surface area contributed by atoms with Crippen LogP contribution in [0.5, 0.6) is 5.75 Å². The molecule has 0 bridgehead atoms. The second kappa shape index (κ2) is 9.82. The molecule has 2 aromatic carbocycles. The first-order chi connectivity index (χ1) is 14.1. The molecule has 1 atom stereocenters. The molecule has 1 fully saturated rings. The van der Waals surface area contributed by atoms with E-state index in [0.717, 1.165) is 30.9 Å². The fourth-order valence-electron chi connectivity index (χ4n) is 3.42. The van der Waals surface area contributed by atoms with Crippen LogP contribution in [0.4, 0.5) is 16.2 Å². The van der Waals surface area contributed by atoms with Crippen molar-refractivity contribution in [2.75, 3.05) is 43.5 Å². The van der Waals surface area contributed by atoms with Crippen LogP contribution in [0.3, 0.4) is 0 Å². The average Bonchev–Trinajstić information content (AvgIpc) is 3.22. The molecule has 0 aromatic heterocycles. The molecular formula is C22H28N4O3. The summed E-state index contributed by atoms with van der Waals surface area (Å²) < 4.78 is 5.30. The lowest BCUT2D eigenvalue weighted by Crippen LogP contribution is -2.34. The molecule has 1 unspecified atom stereocenters. The van der Waals surface area contributed by atoms with E-state index in [1.54, 1.807) is 31.4 Å². The molecule has 3 amide bonds. The molecule has 7 nitrogen and oxygen atoms in total. The second-order valence-electron chi connectivity index (χ2n) is 7.07. The van der Waals surface area contributed by atoms with Gasteiger partial charge >= 0.3 is 6.03 Å². The van der Waals surface area contributed by atoms with Crippen LogP contribution in [-0.4, -0.2) is 45.2 Å². The molecule has 1 saturated heterocycles. The van der Waals surface area contributed by atoms with Crippen LogP contribution in [0.15, 0.2) is 48.5 Å². The molecular weight excluding hydrogens is 368 g/mol. The zero-order chi connectivity index (χ0) is 20.6. The number of hydrogen-bond donors (Lipinski definition) is 3. The number of hydrogen-bond acceptors (Lipinski definition) is 4. The van der Waals surface area contributed by atoms with Crippen molar-refractivity contribution in [1.82, 2.24) is 10.6 Å². The highest BCUT2D eigenvalue weighted by Crippen LogP contribution is 2.26. The summed E-state index contributed by atoms with van der Waals surface area (Å²) in [6.45, 7) is 4.93. The van der Waals surface area contributed by atoms with E-state index in [-0.39, 0.29) is 11.9 Å². The average molecular weight is 396 g/mol. The normalized spacial score (nSPS) is 15.7. The van der Waals surface area contributed by atoms with Crippen molar-refractivity contribution in [3.8, 4) is 5.75 Å². The van der Waals surface area contributed by atoms with E-state index in [4.69, 9.17) is 4.74 Å². The van der Waals surface area contributed by atoms with Gasteiger partial charge in [-0.1, -0.05) is 6.07 Å². The standard InChI is InChI=1S/C22H28N4O3/c1-3-23-21(27)17-7-9-18(10-8-17)25-22(28)24-14-16-11-12-26(15-16)19-5-4-6-20(13-19)29-2/h4-10,13,16H,3,11-12,14-15H2,1-2H3,(H,23,27)(H2,24,25,28). The molecule has 0 spiro atoms. The number of rotatable bonds is 7. The molecule has 3 N–H and O–H groups in total. The van der Waals surface area contributed by atoms with Gasteiger partial charge in [-0.2, -0.15) is 0 Å². The van der Waals surface area contributed by atoms with Gasteiger partial charge in [0.15, 0.2) is 0 Å². The summed E-state index contributed by atoms with van der Waals surface area (Å²) in [5.74, 6) is 1.12. The highest BCUT2D eigenvalue weighted by Gasteiger charge is 2.23. The summed E-state index contributed by atoms with van der Waals surface area (Å²) in [7, 11) is 1.67. The Kier molecular flexibility index (Phi) is 6.94. The van der Waals surface area contributed by atoms with Crippen molar-refractivity contribution in [1.29, 1.82) is 0 Å². The zero-order valence-electron chi connectivity index (χ0n) is 16.9. The Morgan fingerprint density at radius 2 is 1.93 bits per heavy atom. The van der Waals surface area contributed by atoms with Gasteiger partial charge in [-0.15, -0.1) is 0 Å². The quantitative estimate of drug-likeness (QED) is 0.672. The minimum Gasteiger partial charge on any atom is -0.497 e. The van der Waals surface area contributed by atoms with E-state index in [1.165, 1.54) is 0 Å². The number of methoxy groups -OCH3 is 1. The summed E-state index contributed by atoms with van der Waals surface area (Å²) in [6.07, 6.45) is 1.03. The monoisotopic (exact) mass is 396 g/mol. The molecule has 0 radical (unpaired) electrons. The third kappa shape index (κ3) is 5.63. The van der Waals surface area contributed by atoms with Gasteiger partial charge in [-0.05, 0) is 55.7 Å². The maximum atomic E-state index is 12.2. The van der Waals surface area contributed by atoms with Gasteiger partial charge in [0.1, 0.15) is 5.75 Å². The first-order valence-electron chi connectivity index (χ1n) is 9.91. The second-order valence-corrected chi connectivity index (χ2v) is 7.07. The van der Waals surface area contributed by atoms with Crippen molar-refractivity contribution >= 4 is 23.3 Å². The Bertz CT molecular complexity index is 838. The number of benzene rings is 2. The zero-order valence-corrected chi connectivity index (χ0v) is 16.9. The highest BCUT2D eigenvalue weighted by molar-refractivity contribution is 5.95. The Hall–Kier alpha value is -3.22. The maximum Gasteiger partial charge on any atom is 0.319 e. The van der Waals surface area contributed by atoms with E-state index in [2.05, 4.69) is 26.9 Å². The van der Waals surface area contributed by atoms with Crippen LogP contribution >= 0.6 is 0 Å². The fraction of sp³-hybridized carbons (Fsp3) is 0.364. The third-order valence-electron chi connectivity index (χ3n) is 5.00. The van der Waals surface area contributed by atoms with Gasteiger partial charge in [0.25, 0.3) is 5.91 Å². The smallest absolute Gasteiger partial charge is 0.319 e. The van der Waals surface area contributed by atoms with Gasteiger partial charge in [-0.25, -0.2) is 4.79 Å². The van der Waals surface area contributed by atoms with E-state index >= 15 is 0 Å². The van der Waals surface area contributed by atoms with Crippen LogP contribution in [0.25, 0.3) is 0 Å². The largest absolute Gasteiger partial charge is 0.497 e. The molecule has 7 heteroatoms. The SMILES string of the molecule is CCNC(=O)c1ccc(NC(=O)NCC2CCN(c3cccc(OC)c3)C2)cc1. The predicted octanol–water partition coefficient (Wildman–Crippen LogP) is 3.09. The highest BCUT2D eigenvalue weighted by atomic mass is 16.5. The van der Waals surface area contributed by atoms with Gasteiger partial charge < -0.3 is 25.6 Å². The molecule has 0 aliphatic carbocycles. The maximum absolute atomic E-state index is 12.2. The van der Waals surface area contributed by atoms with Crippen molar-refractivity contribution in [2.45, 2.75) is 13.3 Å². The first-order valence-corrected chi connectivity index (χ1v) is 9.91. The lowest BCUT2D eigenvalue weighted by Gasteiger charge is -2.19. The molecule has 2 aromatic rings. The number of urea groups is 1. The van der Waals surface area contributed by atoms with Crippen LogP contribution in [-0.2, 0) is 0 Å². The lowest BCUT2D eigenvalue weighted by atomic mass is 10.1. The summed E-state index contributed by atoms with van der Waals surface area (Å²) in [5.41, 5.74) is 2.37. The Balaban J connectivity index is 1.44. The topological polar surface area (TPSA) is 82.7 Å². The first kappa shape index (κ1) is 20.5. The van der Waals surface area contributed by atoms with Crippen molar-refractivity contribution in [2.24, 2.45) is 5.92 Å². The molecule has 29 heavy (non-hydrogen) atoms. The van der Waals surface area contributed by atoms with Crippen molar-refractivity contribution in [3.05, 3.63) is 54.1 Å². The van der Waals surface area contributed by atoms with Gasteiger partial charge in [0.05, 0.1) is 7.11 Å². The van der Waals surface area contributed by atoms with E-state index in [0.29, 0.717) is 30.3 Å². The number of nitrogens with one attached hydrogen (secondary N) is 3. The van der Waals surface area contributed by atoms with Crippen LogP contribution in [0.1, 0.15) is 23.7 Å². The Labute approximate surface area is 171 Å². The fourth-order valence-corrected chi connectivity index (χ4v) is 3.42. The van der Waals surface area contributed by atoms with Gasteiger partial charge in [-0.3, -0.25) is 4.79 Å². The minimum absolute atomic E-state index is 0.120. The third-order valence-corrected chi connectivity index (χ3v) is 5.00. The van der Waals surface area contributed by atoms with Crippen LogP contribution < -0.4 is 25.6 Å². The molecule has 3 rings (SSSR count). The number of carbonyl (C=O) groups is 2. The molecule has 1 aliphatic heterocycles. The number of carbonyl (C=O) groups excluding carboxylic acids is 2. The number of ether oxygens (including phenoxy) is 1. The molecule has 1 heterocycles. The van der Waals surface area contributed by atoms with Gasteiger partial charge in [0.2, 0.25) is 0 Å². The Morgan fingerprint density at radius 3 is 2.66 bits per heavy atom. The van der Waals surface area contributed by atoms with E-state index < -0.39 is 0 Å². The number of amides is 3. The van der Waals surface area contributed by atoms with Crippen LogP contribution in [0, 0.1) is 5.92 Å². The number of nitrogens with zero attached hydrogens (tertiary/aromatic N) is 1. The van der Waals surface area contributed by atoms with E-state index in [9.17, 15) is 9.59 Å². The summed E-state index contributed by atoms with van der Waals surface area (Å²) in [6, 6.07) is 14.6. The molecule has 1 aliphatic rings. The molecule has 0 saturated carbocycles. The number of anilines is 2. The summed E-state index contributed by atoms with van der Waals surface area (Å²) >= 11 is 0. The summed E-state index contributed by atoms with van der Waals surface area (Å²) in [5, 5.41) is 8.50.